The van der Waals surface area contributed by atoms with Gasteiger partial charge in [-0.1, -0.05) is 12.7 Å². The number of hydrogen-bond donors (Lipinski definition) is 2. The minimum Gasteiger partial charge on any atom is -0.489 e. The van der Waals surface area contributed by atoms with Crippen LogP contribution in [-0.2, 0) is 11.0 Å². The topological polar surface area (TPSA) is 75.6 Å². The first-order valence-corrected chi connectivity index (χ1v) is 6.62. The van der Waals surface area contributed by atoms with Crippen molar-refractivity contribution in [1.82, 2.24) is 5.32 Å². The second-order valence-electron chi connectivity index (χ2n) is 4.78. The van der Waals surface area contributed by atoms with Crippen molar-refractivity contribution in [3.63, 3.8) is 0 Å². The van der Waals surface area contributed by atoms with Crippen LogP contribution in [0.2, 0.25) is 0 Å². The van der Waals surface area contributed by atoms with E-state index in [9.17, 15) is 22.8 Å². The van der Waals surface area contributed by atoms with Gasteiger partial charge >= 0.3 is 12.1 Å². The molecule has 0 aliphatic carbocycles. The van der Waals surface area contributed by atoms with Gasteiger partial charge in [-0.3, -0.25) is 9.59 Å². The number of carboxylic acids is 1. The number of benzene rings is 1. The summed E-state index contributed by atoms with van der Waals surface area (Å²) >= 11 is 0. The van der Waals surface area contributed by atoms with Crippen LogP contribution >= 0.6 is 0 Å². The molecule has 1 unspecified atom stereocenters. The highest BCUT2D eigenvalue weighted by atomic mass is 19.4. The molecule has 0 fully saturated rings. The van der Waals surface area contributed by atoms with Crippen LogP contribution < -0.4 is 10.1 Å². The molecule has 1 aromatic rings. The molecular formula is C15H16F3NO4. The van der Waals surface area contributed by atoms with Crippen molar-refractivity contribution in [1.29, 1.82) is 0 Å². The van der Waals surface area contributed by atoms with Crippen LogP contribution in [-0.4, -0.2) is 29.6 Å². The first-order valence-electron chi connectivity index (χ1n) is 6.62. The molecule has 8 heteroatoms. The monoisotopic (exact) mass is 331 g/mol. The van der Waals surface area contributed by atoms with E-state index in [2.05, 4.69) is 11.9 Å². The summed E-state index contributed by atoms with van der Waals surface area (Å²) in [7, 11) is 0. The summed E-state index contributed by atoms with van der Waals surface area (Å²) in [5.41, 5.74) is -1.32. The predicted octanol–water partition coefficient (Wildman–Crippen LogP) is 2.86. The lowest BCUT2D eigenvalue weighted by Crippen LogP contribution is -2.34. The molecule has 1 atom stereocenters. The summed E-state index contributed by atoms with van der Waals surface area (Å²) < 4.78 is 43.5. The van der Waals surface area contributed by atoms with Gasteiger partial charge in [-0.2, -0.15) is 13.2 Å². The molecule has 0 aromatic heterocycles. The zero-order valence-electron chi connectivity index (χ0n) is 12.3. The Bertz CT molecular complexity index is 599. The van der Waals surface area contributed by atoms with Crippen LogP contribution in [0.1, 0.15) is 29.3 Å². The Labute approximate surface area is 130 Å². The molecule has 0 saturated heterocycles. The second-order valence-corrected chi connectivity index (χ2v) is 4.78. The van der Waals surface area contributed by atoms with E-state index in [1.54, 1.807) is 0 Å². The molecule has 23 heavy (non-hydrogen) atoms. The molecule has 126 valence electrons. The van der Waals surface area contributed by atoms with Gasteiger partial charge in [0.2, 0.25) is 0 Å². The maximum absolute atomic E-state index is 12.8. The normalized spacial score (nSPS) is 12.3. The van der Waals surface area contributed by atoms with Gasteiger partial charge < -0.3 is 15.2 Å². The number of carbonyl (C=O) groups excluding carboxylic acids is 1. The van der Waals surface area contributed by atoms with Crippen molar-refractivity contribution in [2.45, 2.75) is 25.6 Å². The van der Waals surface area contributed by atoms with Crippen molar-refractivity contribution in [2.24, 2.45) is 0 Å². The van der Waals surface area contributed by atoms with Gasteiger partial charge in [0.25, 0.3) is 5.91 Å². The Morgan fingerprint density at radius 2 is 2.09 bits per heavy atom. The lowest BCUT2D eigenvalue weighted by Gasteiger charge is -2.16. The summed E-state index contributed by atoms with van der Waals surface area (Å²) in [5, 5.41) is 11.0. The summed E-state index contributed by atoms with van der Waals surface area (Å²) in [6.07, 6.45) is -3.58. The van der Waals surface area contributed by atoms with E-state index in [1.165, 1.54) is 13.0 Å². The third-order valence-corrected chi connectivity index (χ3v) is 2.77. The highest BCUT2D eigenvalue weighted by Gasteiger charge is 2.32. The van der Waals surface area contributed by atoms with Crippen molar-refractivity contribution < 1.29 is 32.6 Å². The van der Waals surface area contributed by atoms with E-state index in [1.807, 2.05) is 0 Å². The summed E-state index contributed by atoms with van der Waals surface area (Å²) in [4.78, 5) is 22.7. The smallest absolute Gasteiger partial charge is 0.416 e. The number of nitrogens with one attached hydrogen (secondary N) is 1. The molecule has 1 aromatic carbocycles. The van der Waals surface area contributed by atoms with Crippen molar-refractivity contribution in [3.05, 3.63) is 42.0 Å². The number of halogens is 3. The average Bonchev–Trinajstić information content (AvgIpc) is 2.42. The standard InChI is InChI=1S/C15H16F3NO4/c1-3-6-23-12-5-4-10(15(16,17)18)8-11(12)14(22)19-9(2)7-13(20)21/h3-5,8-9H,1,6-7H2,2H3,(H,19,22)(H,20,21). The van der Waals surface area contributed by atoms with Gasteiger partial charge in [0.15, 0.2) is 0 Å². The van der Waals surface area contributed by atoms with Crippen LogP contribution in [0.15, 0.2) is 30.9 Å². The number of rotatable bonds is 7. The van der Waals surface area contributed by atoms with Crippen LogP contribution in [0.4, 0.5) is 13.2 Å². The van der Waals surface area contributed by atoms with Gasteiger partial charge in [-0.25, -0.2) is 0 Å². The van der Waals surface area contributed by atoms with E-state index < -0.39 is 29.7 Å². The molecule has 0 radical (unpaired) electrons. The molecule has 0 aliphatic heterocycles. The largest absolute Gasteiger partial charge is 0.489 e. The van der Waals surface area contributed by atoms with Crippen LogP contribution in [0, 0.1) is 0 Å². The highest BCUT2D eigenvalue weighted by molar-refractivity contribution is 5.97. The number of carbonyl (C=O) groups is 2. The number of ether oxygens (including phenoxy) is 1. The van der Waals surface area contributed by atoms with Gasteiger partial charge in [-0.05, 0) is 25.1 Å². The average molecular weight is 331 g/mol. The summed E-state index contributed by atoms with van der Waals surface area (Å²) in [6, 6.07) is 1.77. The Morgan fingerprint density at radius 1 is 1.43 bits per heavy atom. The Hall–Kier alpha value is -2.51. The minimum atomic E-state index is -4.61. The van der Waals surface area contributed by atoms with Gasteiger partial charge in [0, 0.05) is 6.04 Å². The molecule has 0 heterocycles. The molecule has 1 amide bonds. The predicted molar refractivity (Wildman–Crippen MR) is 76.3 cm³/mol. The van der Waals surface area contributed by atoms with Gasteiger partial charge in [-0.15, -0.1) is 0 Å². The molecule has 0 saturated carbocycles. The fourth-order valence-electron chi connectivity index (χ4n) is 1.77. The molecular weight excluding hydrogens is 315 g/mol. The number of carboxylic acid groups (broad SMARTS) is 1. The maximum atomic E-state index is 12.8. The number of hydrogen-bond acceptors (Lipinski definition) is 3. The van der Waals surface area contributed by atoms with E-state index in [-0.39, 0.29) is 24.3 Å². The number of amides is 1. The SMILES string of the molecule is C=CCOc1ccc(C(F)(F)F)cc1C(=O)NC(C)CC(=O)O. The number of alkyl halides is 3. The maximum Gasteiger partial charge on any atom is 0.416 e. The molecule has 5 nitrogen and oxygen atoms in total. The van der Waals surface area contributed by atoms with E-state index in [0.29, 0.717) is 6.07 Å². The molecule has 0 aliphatic rings. The van der Waals surface area contributed by atoms with Gasteiger partial charge in [0.05, 0.1) is 17.5 Å². The molecule has 0 spiro atoms. The third kappa shape index (κ3) is 5.65. The van der Waals surface area contributed by atoms with Crippen molar-refractivity contribution in [2.75, 3.05) is 6.61 Å². The van der Waals surface area contributed by atoms with Crippen LogP contribution in [0.3, 0.4) is 0 Å². The van der Waals surface area contributed by atoms with Crippen LogP contribution in [0.5, 0.6) is 5.75 Å². The fourth-order valence-corrected chi connectivity index (χ4v) is 1.77. The molecule has 2 N–H and O–H groups in total. The van der Waals surface area contributed by atoms with E-state index in [4.69, 9.17) is 9.84 Å². The minimum absolute atomic E-state index is 0.0102. The van der Waals surface area contributed by atoms with Crippen molar-refractivity contribution >= 4 is 11.9 Å². The Kier molecular flexibility index (Phi) is 6.18. The zero-order valence-corrected chi connectivity index (χ0v) is 12.3. The quantitative estimate of drug-likeness (QED) is 0.753. The highest BCUT2D eigenvalue weighted by Crippen LogP contribution is 2.32. The van der Waals surface area contributed by atoms with Gasteiger partial charge in [0.1, 0.15) is 12.4 Å². The Balaban J connectivity index is 3.09. The Morgan fingerprint density at radius 3 is 2.61 bits per heavy atom. The van der Waals surface area contributed by atoms with Crippen LogP contribution in [0.25, 0.3) is 0 Å². The van der Waals surface area contributed by atoms with E-state index >= 15 is 0 Å². The summed E-state index contributed by atoms with van der Waals surface area (Å²) in [6.45, 7) is 4.86. The van der Waals surface area contributed by atoms with E-state index in [0.717, 1.165) is 12.1 Å². The zero-order chi connectivity index (χ0) is 17.6. The molecule has 0 bridgehead atoms. The fraction of sp³-hybridized carbons (Fsp3) is 0.333. The third-order valence-electron chi connectivity index (χ3n) is 2.77. The second kappa shape index (κ2) is 7.66. The number of aliphatic carboxylic acids is 1. The first kappa shape index (κ1) is 18.5. The summed E-state index contributed by atoms with van der Waals surface area (Å²) in [5.74, 6) is -2.02. The van der Waals surface area contributed by atoms with Crippen molar-refractivity contribution in [3.8, 4) is 5.75 Å². The molecule has 1 rings (SSSR count). The lowest BCUT2D eigenvalue weighted by atomic mass is 10.1. The lowest BCUT2D eigenvalue weighted by molar-refractivity contribution is -0.138. The first-order chi connectivity index (χ1) is 10.6.